The van der Waals surface area contributed by atoms with Gasteiger partial charge in [0.1, 0.15) is 0 Å². The van der Waals surface area contributed by atoms with Crippen molar-refractivity contribution in [3.05, 3.63) is 30.4 Å². The van der Waals surface area contributed by atoms with Crippen LogP contribution in [-0.4, -0.2) is 40.8 Å². The third kappa shape index (κ3) is 2.74. The fraction of sp³-hybridized carbons (Fsp3) is 0.667. The number of hydrogen-bond donors (Lipinski definition) is 0. The van der Waals surface area contributed by atoms with Crippen LogP contribution in [-0.2, 0) is 18.2 Å². The number of fused-ring (bicyclic) bond motifs is 1. The van der Waals surface area contributed by atoms with Gasteiger partial charge in [0.2, 0.25) is 0 Å². The average Bonchev–Trinajstić information content (AvgIpc) is 3.15. The van der Waals surface area contributed by atoms with E-state index in [2.05, 4.69) is 28.1 Å². The largest absolute Gasteiger partial charge is 0.375 e. The van der Waals surface area contributed by atoms with Gasteiger partial charge in [-0.15, -0.1) is 6.58 Å². The number of imidazole rings is 1. The summed E-state index contributed by atoms with van der Waals surface area (Å²) >= 11 is 0. The molecule has 1 aromatic rings. The topological polar surface area (TPSA) is 30.3 Å². The van der Waals surface area contributed by atoms with Crippen molar-refractivity contribution < 1.29 is 4.74 Å². The third-order valence-corrected chi connectivity index (χ3v) is 4.16. The zero-order valence-corrected chi connectivity index (χ0v) is 11.7. The van der Waals surface area contributed by atoms with Crippen LogP contribution in [0, 0.1) is 5.92 Å². The first-order chi connectivity index (χ1) is 9.29. The second kappa shape index (κ2) is 5.47. The summed E-state index contributed by atoms with van der Waals surface area (Å²) in [7, 11) is 2.09. The van der Waals surface area contributed by atoms with Gasteiger partial charge in [-0.05, 0) is 18.8 Å². The fourth-order valence-corrected chi connectivity index (χ4v) is 2.98. The minimum Gasteiger partial charge on any atom is -0.375 e. The Balaban J connectivity index is 1.77. The molecule has 1 atom stereocenters. The molecule has 0 radical (unpaired) electrons. The van der Waals surface area contributed by atoms with Crippen molar-refractivity contribution in [1.29, 1.82) is 0 Å². The number of aromatic nitrogens is 2. The normalized spacial score (nSPS) is 23.3. The van der Waals surface area contributed by atoms with E-state index in [0.29, 0.717) is 12.6 Å². The SMILES string of the molecule is C=CCOC[C@H]1c2c(ncn2C)CCN1CC1CC1. The van der Waals surface area contributed by atoms with Gasteiger partial charge in [0.15, 0.2) is 0 Å². The van der Waals surface area contributed by atoms with E-state index in [1.165, 1.54) is 30.8 Å². The molecule has 1 fully saturated rings. The molecule has 2 heterocycles. The molecule has 104 valence electrons. The standard InChI is InChI=1S/C15H23N3O/c1-3-8-19-10-14-15-13(16-11-17(15)2)6-7-18(14)9-12-4-5-12/h3,11-12,14H,1,4-10H2,2H3/t14-/m0/s1. The second-order valence-electron chi connectivity index (χ2n) is 5.72. The summed E-state index contributed by atoms with van der Waals surface area (Å²) in [5.74, 6) is 0.914. The quantitative estimate of drug-likeness (QED) is 0.579. The van der Waals surface area contributed by atoms with E-state index in [4.69, 9.17) is 4.74 Å². The summed E-state index contributed by atoms with van der Waals surface area (Å²) in [6, 6.07) is 0.358. The molecule has 1 saturated carbocycles. The van der Waals surface area contributed by atoms with E-state index in [1.54, 1.807) is 0 Å². The summed E-state index contributed by atoms with van der Waals surface area (Å²) in [5.41, 5.74) is 2.60. The Bertz CT molecular complexity index is 450. The van der Waals surface area contributed by atoms with Gasteiger partial charge in [-0.25, -0.2) is 4.98 Å². The molecular formula is C15H23N3O. The Morgan fingerprint density at radius 3 is 3.11 bits per heavy atom. The maximum atomic E-state index is 5.73. The maximum Gasteiger partial charge on any atom is 0.0949 e. The molecule has 2 aliphatic rings. The van der Waals surface area contributed by atoms with E-state index < -0.39 is 0 Å². The number of ether oxygens (including phenoxy) is 1. The van der Waals surface area contributed by atoms with Gasteiger partial charge < -0.3 is 9.30 Å². The molecule has 1 aliphatic heterocycles. The second-order valence-corrected chi connectivity index (χ2v) is 5.72. The summed E-state index contributed by atoms with van der Waals surface area (Å²) in [6.45, 7) is 7.41. The maximum absolute atomic E-state index is 5.73. The smallest absolute Gasteiger partial charge is 0.0949 e. The molecule has 0 bridgehead atoms. The molecular weight excluding hydrogens is 238 g/mol. The predicted octanol–water partition coefficient (Wildman–Crippen LogP) is 1.93. The molecule has 4 heteroatoms. The predicted molar refractivity (Wildman–Crippen MR) is 75.0 cm³/mol. The highest BCUT2D eigenvalue weighted by molar-refractivity contribution is 5.21. The molecule has 0 unspecified atom stereocenters. The van der Waals surface area contributed by atoms with Crippen LogP contribution in [0.5, 0.6) is 0 Å². The minimum atomic E-state index is 0.358. The molecule has 0 spiro atoms. The average molecular weight is 261 g/mol. The van der Waals surface area contributed by atoms with Gasteiger partial charge >= 0.3 is 0 Å². The Hall–Kier alpha value is -1.13. The van der Waals surface area contributed by atoms with E-state index in [9.17, 15) is 0 Å². The zero-order valence-electron chi connectivity index (χ0n) is 11.7. The van der Waals surface area contributed by atoms with Crippen LogP contribution in [0.2, 0.25) is 0 Å². The Labute approximate surface area is 115 Å². The van der Waals surface area contributed by atoms with Crippen LogP contribution in [0.3, 0.4) is 0 Å². The Morgan fingerprint density at radius 1 is 1.53 bits per heavy atom. The van der Waals surface area contributed by atoms with Crippen molar-refractivity contribution in [1.82, 2.24) is 14.5 Å². The lowest BCUT2D eigenvalue weighted by Crippen LogP contribution is -2.40. The summed E-state index contributed by atoms with van der Waals surface area (Å²) in [4.78, 5) is 7.11. The van der Waals surface area contributed by atoms with Crippen molar-refractivity contribution in [3.63, 3.8) is 0 Å². The van der Waals surface area contributed by atoms with Crippen molar-refractivity contribution in [2.24, 2.45) is 13.0 Å². The molecule has 0 amide bonds. The number of hydrogen-bond acceptors (Lipinski definition) is 3. The zero-order chi connectivity index (χ0) is 13.2. The highest BCUT2D eigenvalue weighted by atomic mass is 16.5. The summed E-state index contributed by atoms with van der Waals surface area (Å²) in [5, 5.41) is 0. The van der Waals surface area contributed by atoms with Gasteiger partial charge in [-0.1, -0.05) is 6.08 Å². The minimum absolute atomic E-state index is 0.358. The molecule has 4 nitrogen and oxygen atoms in total. The molecule has 19 heavy (non-hydrogen) atoms. The number of nitrogens with zero attached hydrogens (tertiary/aromatic N) is 3. The first-order valence-electron chi connectivity index (χ1n) is 7.22. The monoisotopic (exact) mass is 261 g/mol. The van der Waals surface area contributed by atoms with Gasteiger partial charge in [0.25, 0.3) is 0 Å². The Morgan fingerprint density at radius 2 is 2.37 bits per heavy atom. The molecule has 0 N–H and O–H groups in total. The lowest BCUT2D eigenvalue weighted by atomic mass is 10.0. The molecule has 0 aromatic carbocycles. The third-order valence-electron chi connectivity index (χ3n) is 4.16. The summed E-state index contributed by atoms with van der Waals surface area (Å²) < 4.78 is 7.90. The Kier molecular flexibility index (Phi) is 3.71. The molecule has 3 rings (SSSR count). The van der Waals surface area contributed by atoms with Gasteiger partial charge in [0, 0.05) is 26.6 Å². The number of aryl methyl sites for hydroxylation is 1. The van der Waals surface area contributed by atoms with E-state index in [0.717, 1.165) is 25.5 Å². The van der Waals surface area contributed by atoms with E-state index in [1.807, 2.05) is 12.4 Å². The van der Waals surface area contributed by atoms with Crippen molar-refractivity contribution in [2.75, 3.05) is 26.3 Å². The first kappa shape index (κ1) is 12.9. The highest BCUT2D eigenvalue weighted by Gasteiger charge is 2.34. The summed E-state index contributed by atoms with van der Waals surface area (Å²) in [6.07, 6.45) is 7.62. The van der Waals surface area contributed by atoms with Crippen molar-refractivity contribution in [3.8, 4) is 0 Å². The van der Waals surface area contributed by atoms with Gasteiger partial charge in [-0.2, -0.15) is 0 Å². The fourth-order valence-electron chi connectivity index (χ4n) is 2.98. The van der Waals surface area contributed by atoms with Crippen LogP contribution in [0.15, 0.2) is 19.0 Å². The van der Waals surface area contributed by atoms with Gasteiger partial charge in [-0.3, -0.25) is 4.90 Å². The van der Waals surface area contributed by atoms with Crippen LogP contribution in [0.1, 0.15) is 30.3 Å². The van der Waals surface area contributed by atoms with Crippen LogP contribution >= 0.6 is 0 Å². The van der Waals surface area contributed by atoms with Crippen molar-refractivity contribution >= 4 is 0 Å². The van der Waals surface area contributed by atoms with Crippen LogP contribution in [0.25, 0.3) is 0 Å². The lowest BCUT2D eigenvalue weighted by Gasteiger charge is -2.35. The number of rotatable bonds is 6. The molecule has 0 saturated heterocycles. The lowest BCUT2D eigenvalue weighted by molar-refractivity contribution is 0.0603. The molecule has 1 aliphatic carbocycles. The van der Waals surface area contributed by atoms with Gasteiger partial charge in [0.05, 0.1) is 37.0 Å². The van der Waals surface area contributed by atoms with E-state index in [-0.39, 0.29) is 0 Å². The van der Waals surface area contributed by atoms with Crippen molar-refractivity contribution in [2.45, 2.75) is 25.3 Å². The van der Waals surface area contributed by atoms with Crippen LogP contribution in [0.4, 0.5) is 0 Å². The van der Waals surface area contributed by atoms with E-state index >= 15 is 0 Å². The molecule has 1 aromatic heterocycles. The first-order valence-corrected chi connectivity index (χ1v) is 7.22. The van der Waals surface area contributed by atoms with Crippen LogP contribution < -0.4 is 0 Å². The highest BCUT2D eigenvalue weighted by Crippen LogP contribution is 2.35.